The Bertz CT molecular complexity index is 605. The van der Waals surface area contributed by atoms with Crippen LogP contribution >= 0.6 is 11.3 Å². The predicted octanol–water partition coefficient (Wildman–Crippen LogP) is 1.90. The van der Waals surface area contributed by atoms with E-state index in [1.54, 1.807) is 4.88 Å². The first kappa shape index (κ1) is 14.3. The first-order chi connectivity index (χ1) is 11.4. The van der Waals surface area contributed by atoms with Gasteiger partial charge in [0.15, 0.2) is 5.96 Å². The van der Waals surface area contributed by atoms with Crippen LogP contribution in [0.5, 0.6) is 0 Å². The highest BCUT2D eigenvalue weighted by atomic mass is 32.1. The molecule has 5 rings (SSSR count). The van der Waals surface area contributed by atoms with Crippen LogP contribution in [0.2, 0.25) is 0 Å². The molecule has 1 atom stereocenters. The number of piperidine rings is 1. The molecule has 23 heavy (non-hydrogen) atoms. The molecule has 2 fully saturated rings. The Morgan fingerprint density at radius 2 is 2.04 bits per heavy atom. The van der Waals surface area contributed by atoms with Gasteiger partial charge in [0.05, 0.1) is 31.9 Å². The SMILES string of the molecule is c1cc2c(s1)CCN1C(N3CCC(OC4COC4)CC3)=NCC21. The van der Waals surface area contributed by atoms with Crippen LogP contribution in [0, 0.1) is 0 Å². The monoisotopic (exact) mass is 333 g/mol. The molecule has 0 radical (unpaired) electrons. The van der Waals surface area contributed by atoms with Gasteiger partial charge in [-0.3, -0.25) is 4.99 Å². The summed E-state index contributed by atoms with van der Waals surface area (Å²) in [7, 11) is 0. The number of rotatable bonds is 2. The predicted molar refractivity (Wildman–Crippen MR) is 90.1 cm³/mol. The van der Waals surface area contributed by atoms with Crippen molar-refractivity contribution in [3.63, 3.8) is 0 Å². The van der Waals surface area contributed by atoms with Gasteiger partial charge in [0.2, 0.25) is 0 Å². The molecule has 0 spiro atoms. The molecule has 124 valence electrons. The van der Waals surface area contributed by atoms with E-state index in [4.69, 9.17) is 14.5 Å². The molecular formula is C17H23N3O2S. The van der Waals surface area contributed by atoms with Crippen molar-refractivity contribution in [2.24, 2.45) is 4.99 Å². The lowest BCUT2D eigenvalue weighted by atomic mass is 10.0. The van der Waals surface area contributed by atoms with Gasteiger partial charge in [0, 0.05) is 24.5 Å². The lowest BCUT2D eigenvalue weighted by Crippen LogP contribution is -2.50. The van der Waals surface area contributed by atoms with Crippen molar-refractivity contribution in [1.82, 2.24) is 9.80 Å². The molecule has 0 aliphatic carbocycles. The molecular weight excluding hydrogens is 310 g/mol. The van der Waals surface area contributed by atoms with Crippen LogP contribution in [0.3, 0.4) is 0 Å². The summed E-state index contributed by atoms with van der Waals surface area (Å²) in [5, 5.41) is 2.24. The summed E-state index contributed by atoms with van der Waals surface area (Å²) in [6.45, 7) is 5.74. The molecule has 0 aromatic carbocycles. The van der Waals surface area contributed by atoms with Crippen molar-refractivity contribution in [2.75, 3.05) is 39.4 Å². The maximum atomic E-state index is 6.08. The molecule has 4 aliphatic rings. The Balaban J connectivity index is 1.22. The third-order valence-corrected chi connectivity index (χ3v) is 6.47. The van der Waals surface area contributed by atoms with E-state index < -0.39 is 0 Å². The van der Waals surface area contributed by atoms with Crippen molar-refractivity contribution >= 4 is 17.3 Å². The molecule has 4 aliphatic heterocycles. The second-order valence-electron chi connectivity index (χ2n) is 6.88. The van der Waals surface area contributed by atoms with Gasteiger partial charge in [-0.05, 0) is 36.3 Å². The van der Waals surface area contributed by atoms with E-state index in [0.29, 0.717) is 18.2 Å². The highest BCUT2D eigenvalue weighted by Crippen LogP contribution is 2.37. The maximum absolute atomic E-state index is 6.08. The van der Waals surface area contributed by atoms with E-state index in [0.717, 1.165) is 52.2 Å². The van der Waals surface area contributed by atoms with Crippen molar-refractivity contribution in [3.05, 3.63) is 21.9 Å². The lowest BCUT2D eigenvalue weighted by molar-refractivity contribution is -0.161. The minimum Gasteiger partial charge on any atom is -0.376 e. The maximum Gasteiger partial charge on any atom is 0.197 e. The van der Waals surface area contributed by atoms with E-state index in [-0.39, 0.29) is 0 Å². The average molecular weight is 333 g/mol. The van der Waals surface area contributed by atoms with Gasteiger partial charge >= 0.3 is 0 Å². The first-order valence-electron chi connectivity index (χ1n) is 8.74. The summed E-state index contributed by atoms with van der Waals surface area (Å²) in [6, 6.07) is 2.79. The Morgan fingerprint density at radius 1 is 1.17 bits per heavy atom. The second-order valence-corrected chi connectivity index (χ2v) is 7.88. The molecule has 1 aromatic rings. The summed E-state index contributed by atoms with van der Waals surface area (Å²) in [6.07, 6.45) is 4.14. The van der Waals surface area contributed by atoms with Gasteiger partial charge in [-0.15, -0.1) is 11.3 Å². The summed E-state index contributed by atoms with van der Waals surface area (Å²) < 4.78 is 11.3. The van der Waals surface area contributed by atoms with Crippen molar-refractivity contribution in [1.29, 1.82) is 0 Å². The van der Waals surface area contributed by atoms with Crippen LogP contribution in [0.25, 0.3) is 0 Å². The molecule has 2 saturated heterocycles. The van der Waals surface area contributed by atoms with Gasteiger partial charge in [0.25, 0.3) is 0 Å². The molecule has 1 aromatic heterocycles. The zero-order valence-corrected chi connectivity index (χ0v) is 14.1. The van der Waals surface area contributed by atoms with Crippen LogP contribution in [0.4, 0.5) is 0 Å². The number of ether oxygens (including phenoxy) is 2. The minimum atomic E-state index is 0.346. The number of fused-ring (bicyclic) bond motifs is 3. The Morgan fingerprint density at radius 3 is 2.83 bits per heavy atom. The molecule has 0 saturated carbocycles. The van der Waals surface area contributed by atoms with E-state index >= 15 is 0 Å². The fourth-order valence-electron chi connectivity index (χ4n) is 4.13. The van der Waals surface area contributed by atoms with E-state index in [1.807, 2.05) is 11.3 Å². The lowest BCUT2D eigenvalue weighted by Gasteiger charge is -2.41. The number of hydrogen-bond acceptors (Lipinski definition) is 6. The number of aliphatic imine (C=N–C) groups is 1. The molecule has 6 heteroatoms. The Kier molecular flexibility index (Phi) is 3.57. The van der Waals surface area contributed by atoms with Gasteiger partial charge in [-0.25, -0.2) is 0 Å². The second kappa shape index (κ2) is 5.76. The summed E-state index contributed by atoms with van der Waals surface area (Å²) in [4.78, 5) is 11.5. The van der Waals surface area contributed by atoms with E-state index in [9.17, 15) is 0 Å². The fourth-order valence-corrected chi connectivity index (χ4v) is 5.06. The largest absolute Gasteiger partial charge is 0.376 e. The average Bonchev–Trinajstić information content (AvgIpc) is 3.17. The smallest absolute Gasteiger partial charge is 0.197 e. The molecule has 0 bridgehead atoms. The number of thiophene rings is 1. The molecule has 5 nitrogen and oxygen atoms in total. The quantitative estimate of drug-likeness (QED) is 0.828. The number of likely N-dealkylation sites (tertiary alicyclic amines) is 1. The number of nitrogens with zero attached hydrogens (tertiary/aromatic N) is 3. The molecule has 1 unspecified atom stereocenters. The Labute approximate surface area is 140 Å². The van der Waals surface area contributed by atoms with Crippen LogP contribution in [0.1, 0.15) is 29.3 Å². The molecule has 5 heterocycles. The van der Waals surface area contributed by atoms with Gasteiger partial charge in [-0.1, -0.05) is 0 Å². The van der Waals surface area contributed by atoms with E-state index in [2.05, 4.69) is 21.2 Å². The van der Waals surface area contributed by atoms with Crippen molar-refractivity contribution < 1.29 is 9.47 Å². The zero-order chi connectivity index (χ0) is 15.2. The van der Waals surface area contributed by atoms with Crippen LogP contribution in [-0.2, 0) is 15.9 Å². The number of hydrogen-bond donors (Lipinski definition) is 0. The third-order valence-electron chi connectivity index (χ3n) is 5.47. The van der Waals surface area contributed by atoms with Crippen molar-refractivity contribution in [3.8, 4) is 0 Å². The van der Waals surface area contributed by atoms with Crippen molar-refractivity contribution in [2.45, 2.75) is 37.5 Å². The minimum absolute atomic E-state index is 0.346. The normalized spacial score (nSPS) is 28.3. The zero-order valence-electron chi connectivity index (χ0n) is 13.3. The van der Waals surface area contributed by atoms with Crippen LogP contribution in [-0.4, -0.2) is 67.4 Å². The van der Waals surface area contributed by atoms with Crippen LogP contribution < -0.4 is 0 Å². The molecule has 0 N–H and O–H groups in total. The first-order valence-corrected chi connectivity index (χ1v) is 9.62. The highest BCUT2D eigenvalue weighted by molar-refractivity contribution is 7.10. The summed E-state index contributed by atoms with van der Waals surface area (Å²) in [5.74, 6) is 1.23. The number of guanidine groups is 1. The molecule has 0 amide bonds. The highest BCUT2D eigenvalue weighted by Gasteiger charge is 2.37. The standard InChI is InChI=1S/C17H23N3O2S/c1-5-19(6-2-12(1)22-13-10-21-11-13)17-18-9-15-14-4-8-23-16(14)3-7-20(15)17/h4,8,12-13,15H,1-3,5-7,9-11H2. The van der Waals surface area contributed by atoms with E-state index in [1.165, 1.54) is 17.9 Å². The van der Waals surface area contributed by atoms with Gasteiger partial charge < -0.3 is 19.3 Å². The topological polar surface area (TPSA) is 37.3 Å². The van der Waals surface area contributed by atoms with Crippen LogP contribution in [0.15, 0.2) is 16.4 Å². The fraction of sp³-hybridized carbons (Fsp3) is 0.706. The van der Waals surface area contributed by atoms with Gasteiger partial charge in [0.1, 0.15) is 6.10 Å². The third kappa shape index (κ3) is 2.47. The summed E-state index contributed by atoms with van der Waals surface area (Å²) >= 11 is 1.91. The Hall–Kier alpha value is -1.11. The summed E-state index contributed by atoms with van der Waals surface area (Å²) in [5.41, 5.74) is 1.52. The van der Waals surface area contributed by atoms with Gasteiger partial charge in [-0.2, -0.15) is 0 Å².